The van der Waals surface area contributed by atoms with Crippen LogP contribution in [-0.2, 0) is 0 Å². The molecule has 0 aliphatic carbocycles. The van der Waals surface area contributed by atoms with Gasteiger partial charge in [-0.1, -0.05) is 29.8 Å². The van der Waals surface area contributed by atoms with Crippen LogP contribution in [0.2, 0.25) is 0 Å². The molecule has 3 nitrogen and oxygen atoms in total. The molecule has 0 aliphatic rings. The molecule has 0 unspecified atom stereocenters. The molecule has 85 valence electrons. The van der Waals surface area contributed by atoms with E-state index in [1.165, 1.54) is 10.9 Å². The van der Waals surface area contributed by atoms with Crippen molar-refractivity contribution in [3.63, 3.8) is 0 Å². The van der Waals surface area contributed by atoms with Gasteiger partial charge in [0.25, 0.3) is 0 Å². The summed E-state index contributed by atoms with van der Waals surface area (Å²) in [6.45, 7) is 3.91. The number of imidazole rings is 1. The predicted octanol–water partition coefficient (Wildman–Crippen LogP) is 3.37. The number of hydrogen-bond donors (Lipinski definition) is 1. The van der Waals surface area contributed by atoms with E-state index in [-0.39, 0.29) is 6.04 Å². The fraction of sp³-hybridized carbons (Fsp3) is 0.214. The summed E-state index contributed by atoms with van der Waals surface area (Å²) in [5.74, 6) is 0.730. The maximum atomic E-state index is 7.70. The Morgan fingerprint density at radius 1 is 1.24 bits per heavy atom. The molecule has 3 heteroatoms. The third-order valence-electron chi connectivity index (χ3n) is 3.05. The third-order valence-corrected chi connectivity index (χ3v) is 3.05. The number of aromatic amines is 1. The van der Waals surface area contributed by atoms with E-state index in [0.717, 1.165) is 22.2 Å². The van der Waals surface area contributed by atoms with Crippen molar-refractivity contribution in [3.05, 3.63) is 41.7 Å². The second kappa shape index (κ2) is 3.57. The summed E-state index contributed by atoms with van der Waals surface area (Å²) in [6.07, 6.45) is 0. The third kappa shape index (κ3) is 1.59. The van der Waals surface area contributed by atoms with E-state index in [4.69, 9.17) is 5.73 Å². The van der Waals surface area contributed by atoms with E-state index < -0.39 is 0 Å². The van der Waals surface area contributed by atoms with E-state index in [9.17, 15) is 0 Å². The Labute approximate surface area is 99.7 Å². The standard InChI is InChI=1S/C14H14N3/c1-8-3-5-11-10(7-8)4-6-12-13(11)17-14(16-12)9(2)15/h3-7,9,15H,1-2H3,(H,16,17)/t9-/m1/s1. The minimum Gasteiger partial charge on any atom is -0.341 e. The van der Waals surface area contributed by atoms with Gasteiger partial charge in [-0.15, -0.1) is 0 Å². The summed E-state index contributed by atoms with van der Waals surface area (Å²) in [5, 5.41) is 2.35. The zero-order chi connectivity index (χ0) is 12.0. The second-order valence-electron chi connectivity index (χ2n) is 4.53. The molecule has 0 spiro atoms. The van der Waals surface area contributed by atoms with Crippen LogP contribution in [0.15, 0.2) is 30.3 Å². The van der Waals surface area contributed by atoms with Crippen LogP contribution in [-0.4, -0.2) is 9.97 Å². The van der Waals surface area contributed by atoms with Crippen LogP contribution in [0, 0.1) is 6.92 Å². The first kappa shape index (κ1) is 10.3. The van der Waals surface area contributed by atoms with Crippen LogP contribution in [0.3, 0.4) is 0 Å². The molecule has 0 amide bonds. The summed E-state index contributed by atoms with van der Waals surface area (Å²) in [4.78, 5) is 7.73. The van der Waals surface area contributed by atoms with Crippen molar-refractivity contribution < 1.29 is 0 Å². The molecule has 1 aromatic heterocycles. The smallest absolute Gasteiger partial charge is 0.125 e. The van der Waals surface area contributed by atoms with Gasteiger partial charge >= 0.3 is 0 Å². The van der Waals surface area contributed by atoms with Crippen LogP contribution in [0.25, 0.3) is 21.8 Å². The van der Waals surface area contributed by atoms with Crippen molar-refractivity contribution in [3.8, 4) is 0 Å². The molecule has 1 atom stereocenters. The maximum Gasteiger partial charge on any atom is 0.125 e. The Morgan fingerprint density at radius 2 is 2.06 bits per heavy atom. The van der Waals surface area contributed by atoms with Gasteiger partial charge in [0.2, 0.25) is 0 Å². The number of rotatable bonds is 1. The lowest BCUT2D eigenvalue weighted by Crippen LogP contribution is -1.94. The Kier molecular flexibility index (Phi) is 2.16. The molecule has 0 bridgehead atoms. The Hall–Kier alpha value is -1.87. The van der Waals surface area contributed by atoms with Crippen molar-refractivity contribution in [2.45, 2.75) is 19.9 Å². The molecule has 2 aromatic carbocycles. The largest absolute Gasteiger partial charge is 0.341 e. The Morgan fingerprint density at radius 3 is 2.82 bits per heavy atom. The summed E-state index contributed by atoms with van der Waals surface area (Å²) in [5.41, 5.74) is 10.9. The lowest BCUT2D eigenvalue weighted by Gasteiger charge is -1.99. The van der Waals surface area contributed by atoms with Crippen LogP contribution in [0.5, 0.6) is 0 Å². The molecule has 1 radical (unpaired) electrons. The van der Waals surface area contributed by atoms with Crippen molar-refractivity contribution in [2.75, 3.05) is 0 Å². The first-order valence-corrected chi connectivity index (χ1v) is 5.75. The first-order valence-electron chi connectivity index (χ1n) is 5.75. The summed E-state index contributed by atoms with van der Waals surface area (Å²) in [7, 11) is 0. The van der Waals surface area contributed by atoms with Crippen molar-refractivity contribution in [1.29, 1.82) is 0 Å². The van der Waals surface area contributed by atoms with Gasteiger partial charge in [-0.3, -0.25) is 0 Å². The highest BCUT2D eigenvalue weighted by Gasteiger charge is 2.09. The number of nitrogens with zero attached hydrogens (tertiary/aromatic N) is 1. The molecule has 0 saturated carbocycles. The van der Waals surface area contributed by atoms with E-state index >= 15 is 0 Å². The highest BCUT2D eigenvalue weighted by Crippen LogP contribution is 2.25. The molecule has 0 aliphatic heterocycles. The SMILES string of the molecule is Cc1ccc2c(ccc3[nH]c([C@@H](C)[NH])nc32)c1. The average Bonchev–Trinajstić information content (AvgIpc) is 2.72. The quantitative estimate of drug-likeness (QED) is 0.677. The zero-order valence-corrected chi connectivity index (χ0v) is 9.91. The molecular formula is C14H14N3. The van der Waals surface area contributed by atoms with Gasteiger partial charge in [-0.2, -0.15) is 0 Å². The van der Waals surface area contributed by atoms with E-state index in [2.05, 4.69) is 41.2 Å². The highest BCUT2D eigenvalue weighted by atomic mass is 15.0. The van der Waals surface area contributed by atoms with Gasteiger partial charge in [-0.05, 0) is 25.3 Å². The maximum absolute atomic E-state index is 7.70. The average molecular weight is 224 g/mol. The number of fused-ring (bicyclic) bond motifs is 3. The molecule has 1 heterocycles. The number of H-pyrrole nitrogens is 1. The van der Waals surface area contributed by atoms with Crippen molar-refractivity contribution >= 4 is 21.8 Å². The van der Waals surface area contributed by atoms with Crippen molar-refractivity contribution in [2.24, 2.45) is 0 Å². The molecule has 17 heavy (non-hydrogen) atoms. The summed E-state index contributed by atoms with van der Waals surface area (Å²) in [6, 6.07) is 10.2. The Balaban J connectivity index is 2.38. The van der Waals surface area contributed by atoms with Gasteiger partial charge in [0.05, 0.1) is 17.1 Å². The summed E-state index contributed by atoms with van der Waals surface area (Å²) >= 11 is 0. The number of benzene rings is 2. The second-order valence-corrected chi connectivity index (χ2v) is 4.53. The van der Waals surface area contributed by atoms with E-state index in [1.807, 2.05) is 13.0 Å². The van der Waals surface area contributed by atoms with Crippen LogP contribution < -0.4 is 5.73 Å². The minimum absolute atomic E-state index is 0.317. The first-order chi connectivity index (χ1) is 8.15. The van der Waals surface area contributed by atoms with E-state index in [1.54, 1.807) is 0 Å². The lowest BCUT2D eigenvalue weighted by atomic mass is 10.1. The van der Waals surface area contributed by atoms with Crippen LogP contribution in [0.4, 0.5) is 0 Å². The molecule has 3 aromatic rings. The molecular weight excluding hydrogens is 210 g/mol. The van der Waals surface area contributed by atoms with Gasteiger partial charge in [0.1, 0.15) is 5.82 Å². The molecule has 0 fully saturated rings. The Bertz CT molecular complexity index is 695. The van der Waals surface area contributed by atoms with Gasteiger partial charge in [-0.25, -0.2) is 10.7 Å². The van der Waals surface area contributed by atoms with Gasteiger partial charge in [0.15, 0.2) is 0 Å². The van der Waals surface area contributed by atoms with Gasteiger partial charge in [0, 0.05) is 5.39 Å². The number of aromatic nitrogens is 2. The number of aryl methyl sites for hydroxylation is 1. The van der Waals surface area contributed by atoms with Crippen LogP contribution in [0.1, 0.15) is 24.4 Å². The molecule has 0 saturated heterocycles. The van der Waals surface area contributed by atoms with E-state index in [0.29, 0.717) is 0 Å². The molecule has 2 N–H and O–H groups in total. The van der Waals surface area contributed by atoms with Crippen LogP contribution >= 0.6 is 0 Å². The normalized spacial score (nSPS) is 13.4. The number of nitrogens with one attached hydrogen (secondary N) is 2. The summed E-state index contributed by atoms with van der Waals surface area (Å²) < 4.78 is 0. The minimum atomic E-state index is -0.317. The topological polar surface area (TPSA) is 52.5 Å². The lowest BCUT2D eigenvalue weighted by molar-refractivity contribution is 0.735. The van der Waals surface area contributed by atoms with Gasteiger partial charge < -0.3 is 4.98 Å². The monoisotopic (exact) mass is 224 g/mol. The fourth-order valence-corrected chi connectivity index (χ4v) is 2.15. The van der Waals surface area contributed by atoms with Crippen molar-refractivity contribution in [1.82, 2.24) is 15.7 Å². The fourth-order valence-electron chi connectivity index (χ4n) is 2.15. The molecule has 3 rings (SSSR count). The predicted molar refractivity (Wildman–Crippen MR) is 69.8 cm³/mol. The zero-order valence-electron chi connectivity index (χ0n) is 9.91. The highest BCUT2D eigenvalue weighted by molar-refractivity contribution is 6.04. The number of hydrogen-bond acceptors (Lipinski definition) is 1.